The van der Waals surface area contributed by atoms with E-state index < -0.39 is 24.4 Å². The Bertz CT molecular complexity index is 1600. The van der Waals surface area contributed by atoms with Gasteiger partial charge in [0.2, 0.25) is 0 Å². The number of rotatable bonds is 32. The van der Waals surface area contributed by atoms with Gasteiger partial charge in [0.25, 0.3) is 0 Å². The molecule has 0 rings (SSSR count). The van der Waals surface area contributed by atoms with Gasteiger partial charge in [-0.15, -0.1) is 0 Å². The van der Waals surface area contributed by atoms with E-state index in [0.29, 0.717) is 52.4 Å². The summed E-state index contributed by atoms with van der Waals surface area (Å²) < 4.78 is 0. The van der Waals surface area contributed by atoms with E-state index in [0.717, 1.165) is 45.6 Å². The van der Waals surface area contributed by atoms with Gasteiger partial charge in [0.1, 0.15) is 0 Å². The number of carbonyl (C=O) groups is 8. The fraction of sp³-hybridized carbons (Fsp3) is 0.538. The molecule has 20 nitrogen and oxygen atoms in total. The third-order valence-corrected chi connectivity index (χ3v) is 8.29. The van der Waals surface area contributed by atoms with Crippen LogP contribution in [0.3, 0.4) is 0 Å². The van der Waals surface area contributed by atoms with Gasteiger partial charge in [-0.05, 0) is 159 Å². The molecule has 0 unspecified atom stereocenters. The molecule has 12 N–H and O–H groups in total. The molecule has 0 amide bonds. The zero-order chi connectivity index (χ0) is 56.5. The summed E-state index contributed by atoms with van der Waals surface area (Å²) in [7, 11) is 0. The van der Waals surface area contributed by atoms with Crippen molar-refractivity contribution in [3.05, 3.63) is 94.2 Å². The molecule has 0 aliphatic rings. The molecular weight excluding hydrogens is 1180 g/mol. The van der Waals surface area contributed by atoms with Crippen LogP contribution in [0.4, 0.5) is 0 Å². The SMILES string of the molecule is CC(=O)C=C(C)NCC(O)CNC(C)=CC(C)=O.CC(=O)C=C(C)NCC(O)CNC(C)=CC(C)=O.CC(=O)C=C(C)NCC(O)CNC(C)=CC(C)=O.CC(=O)C=C(C)NCC(O)CNC(C)=CC(C)=O.[Cu].[Cu].[Cu].[Cu]. The molecule has 0 aromatic heterocycles. The Morgan fingerprint density at radius 1 is 0.237 bits per heavy atom. The Morgan fingerprint density at radius 3 is 0.382 bits per heavy atom. The van der Waals surface area contributed by atoms with Gasteiger partial charge in [-0.25, -0.2) is 0 Å². The number of aliphatic hydroxyl groups excluding tert-OH is 4. The van der Waals surface area contributed by atoms with Crippen LogP contribution in [0.15, 0.2) is 94.2 Å². The first-order valence-corrected chi connectivity index (χ1v) is 23.4. The zero-order valence-corrected chi connectivity index (χ0v) is 50.6. The minimum Gasteiger partial charge on any atom is -0.389 e. The van der Waals surface area contributed by atoms with Gasteiger partial charge >= 0.3 is 0 Å². The van der Waals surface area contributed by atoms with Gasteiger partial charge in [-0.1, -0.05) is 0 Å². The van der Waals surface area contributed by atoms with Crippen molar-refractivity contribution in [3.63, 3.8) is 0 Å². The maximum absolute atomic E-state index is 10.8. The Hall–Kier alpha value is -4.40. The fourth-order valence-electron chi connectivity index (χ4n) is 5.37. The molecular formula is C52H88Cu4N8O12. The van der Waals surface area contributed by atoms with Crippen molar-refractivity contribution in [2.24, 2.45) is 0 Å². The van der Waals surface area contributed by atoms with Crippen molar-refractivity contribution >= 4 is 46.3 Å². The maximum atomic E-state index is 10.8. The molecule has 4 radical (unpaired) electrons. The quantitative estimate of drug-likeness (QED) is 0.0339. The number of ketones is 8. The number of allylic oxidation sites excluding steroid dienone is 16. The van der Waals surface area contributed by atoms with Gasteiger partial charge in [0, 0.05) is 166 Å². The van der Waals surface area contributed by atoms with E-state index in [1.54, 1.807) is 55.4 Å². The maximum Gasteiger partial charge on any atom is 0.154 e. The van der Waals surface area contributed by atoms with Gasteiger partial charge in [-0.3, -0.25) is 38.4 Å². The minimum absolute atomic E-state index is 0. The van der Waals surface area contributed by atoms with Crippen LogP contribution >= 0.6 is 0 Å². The second-order valence-electron chi connectivity index (χ2n) is 17.2. The Morgan fingerprint density at radius 2 is 0.316 bits per heavy atom. The fourth-order valence-corrected chi connectivity index (χ4v) is 5.37. The summed E-state index contributed by atoms with van der Waals surface area (Å²) in [6.45, 7) is 28.6. The monoisotopic (exact) mass is 1270 g/mol. The van der Waals surface area contributed by atoms with E-state index in [2.05, 4.69) is 42.5 Å². The van der Waals surface area contributed by atoms with Crippen molar-refractivity contribution in [1.82, 2.24) is 42.5 Å². The summed E-state index contributed by atoms with van der Waals surface area (Å²) in [5, 5.41) is 62.2. The van der Waals surface area contributed by atoms with Crippen molar-refractivity contribution in [2.75, 3.05) is 52.4 Å². The standard InChI is InChI=1S/4C13H22N2O3.4Cu/c4*1-9(5-11(3)16)14-7-13(18)8-15-10(2)6-12(4)17;;;;/h4*5-6,13-15,18H,7-8H2,1-4H3;;;;. The molecule has 0 saturated carbocycles. The molecule has 0 atom stereocenters. The molecule has 0 fully saturated rings. The number of hydrogen-bond donors (Lipinski definition) is 12. The predicted molar refractivity (Wildman–Crippen MR) is 284 cm³/mol. The van der Waals surface area contributed by atoms with Crippen LogP contribution in [-0.2, 0) is 107 Å². The van der Waals surface area contributed by atoms with Gasteiger partial charge in [-0.2, -0.15) is 0 Å². The van der Waals surface area contributed by atoms with Crippen molar-refractivity contribution in [3.8, 4) is 0 Å². The second kappa shape index (κ2) is 54.0. The van der Waals surface area contributed by atoms with Gasteiger partial charge in [0.15, 0.2) is 46.3 Å². The molecule has 24 heteroatoms. The van der Waals surface area contributed by atoms with Crippen molar-refractivity contribution < 1.29 is 127 Å². The third kappa shape index (κ3) is 71.7. The average molecular weight is 1270 g/mol. The van der Waals surface area contributed by atoms with E-state index in [1.165, 1.54) is 104 Å². The summed E-state index contributed by atoms with van der Waals surface area (Å²) in [6, 6.07) is 0. The first-order valence-electron chi connectivity index (χ1n) is 23.4. The zero-order valence-electron chi connectivity index (χ0n) is 46.8. The number of hydrogen-bond acceptors (Lipinski definition) is 20. The van der Waals surface area contributed by atoms with E-state index in [4.69, 9.17) is 0 Å². The molecule has 0 spiro atoms. The van der Waals surface area contributed by atoms with Crippen LogP contribution in [0, 0.1) is 0 Å². The van der Waals surface area contributed by atoms with E-state index in [1.807, 2.05) is 0 Å². The molecule has 0 bridgehead atoms. The molecule has 0 aliphatic carbocycles. The molecule has 0 saturated heterocycles. The van der Waals surface area contributed by atoms with E-state index >= 15 is 0 Å². The first-order chi connectivity index (χ1) is 33.2. The number of aliphatic hydroxyl groups is 4. The van der Waals surface area contributed by atoms with Crippen molar-refractivity contribution in [2.45, 2.75) is 135 Å². The van der Waals surface area contributed by atoms with Gasteiger partial charge < -0.3 is 63.0 Å². The first kappa shape index (κ1) is 88.2. The Kier molecular flexibility index (Phi) is 62.7. The third-order valence-electron chi connectivity index (χ3n) is 8.29. The molecule has 76 heavy (non-hydrogen) atoms. The largest absolute Gasteiger partial charge is 0.389 e. The molecule has 452 valence electrons. The van der Waals surface area contributed by atoms with Crippen LogP contribution in [0.2, 0.25) is 0 Å². The Balaban J connectivity index is -0.000000133. The summed E-state index contributed by atoms with van der Waals surface area (Å²) in [6.07, 6.45) is 9.38. The molecule has 0 aliphatic heterocycles. The normalized spacial score (nSPS) is 13.3. The van der Waals surface area contributed by atoms with Crippen LogP contribution in [0.1, 0.15) is 111 Å². The smallest absolute Gasteiger partial charge is 0.154 e. The minimum atomic E-state index is -0.601. The number of nitrogens with one attached hydrogen (secondary N) is 8. The summed E-state index contributed by atoms with van der Waals surface area (Å²) in [5.74, 6) is -0.275. The van der Waals surface area contributed by atoms with Crippen LogP contribution in [0.25, 0.3) is 0 Å². The Labute approximate surface area is 494 Å². The summed E-state index contributed by atoms with van der Waals surface area (Å²) >= 11 is 0. The summed E-state index contributed by atoms with van der Waals surface area (Å²) in [4.78, 5) is 86.3. The van der Waals surface area contributed by atoms with Crippen LogP contribution < -0.4 is 42.5 Å². The average Bonchev–Trinajstić information content (AvgIpc) is 3.22. The second-order valence-corrected chi connectivity index (χ2v) is 17.2. The van der Waals surface area contributed by atoms with E-state index in [-0.39, 0.29) is 115 Å². The summed E-state index contributed by atoms with van der Waals surface area (Å²) in [5.41, 5.74) is 5.76. The predicted octanol–water partition coefficient (Wildman–Crippen LogP) is 2.04. The molecule has 0 aromatic rings. The topological polar surface area (TPSA) is 314 Å². The molecule has 0 heterocycles. The number of carbonyl (C=O) groups excluding carboxylic acids is 8. The van der Waals surface area contributed by atoms with Crippen LogP contribution in [0.5, 0.6) is 0 Å². The molecule has 0 aromatic carbocycles. The van der Waals surface area contributed by atoms with E-state index in [9.17, 15) is 58.8 Å². The van der Waals surface area contributed by atoms with Crippen molar-refractivity contribution in [1.29, 1.82) is 0 Å². The van der Waals surface area contributed by atoms with Crippen LogP contribution in [-0.4, -0.2) is 143 Å². The van der Waals surface area contributed by atoms with Gasteiger partial charge in [0.05, 0.1) is 24.4 Å².